The highest BCUT2D eigenvalue weighted by Crippen LogP contribution is 2.12. The Labute approximate surface area is 155 Å². The molecule has 1 aromatic rings. The quantitative estimate of drug-likeness (QED) is 0.571. The van der Waals surface area contributed by atoms with Gasteiger partial charge in [0.15, 0.2) is 5.17 Å². The summed E-state index contributed by atoms with van der Waals surface area (Å²) in [5, 5.41) is 11.3. The summed E-state index contributed by atoms with van der Waals surface area (Å²) in [6.45, 7) is 12.3. The molecule has 5 nitrogen and oxygen atoms in total. The highest BCUT2D eigenvalue weighted by Gasteiger charge is 2.15. The molecule has 1 amide bonds. The van der Waals surface area contributed by atoms with Crippen LogP contribution in [-0.4, -0.2) is 41.0 Å². The van der Waals surface area contributed by atoms with Crippen LogP contribution < -0.4 is 5.32 Å². The summed E-state index contributed by atoms with van der Waals surface area (Å²) in [5.41, 5.74) is 2.31. The van der Waals surface area contributed by atoms with E-state index in [4.69, 9.17) is 0 Å². The van der Waals surface area contributed by atoms with E-state index in [1.54, 1.807) is 6.21 Å². The maximum absolute atomic E-state index is 11.1. The maximum atomic E-state index is 11.1. The zero-order valence-electron chi connectivity index (χ0n) is 15.5. The molecule has 1 fully saturated rings. The van der Waals surface area contributed by atoms with Gasteiger partial charge in [-0.25, -0.2) is 0 Å². The van der Waals surface area contributed by atoms with E-state index in [9.17, 15) is 4.79 Å². The van der Waals surface area contributed by atoms with Crippen molar-refractivity contribution in [2.24, 2.45) is 22.0 Å². The van der Waals surface area contributed by atoms with Crippen molar-refractivity contribution in [3.05, 3.63) is 35.4 Å². The number of rotatable bonds is 8. The number of nitrogens with zero attached hydrogens (tertiary/aromatic N) is 3. The third-order valence-corrected chi connectivity index (χ3v) is 4.44. The molecule has 0 bridgehead atoms. The van der Waals surface area contributed by atoms with Gasteiger partial charge < -0.3 is 5.32 Å². The van der Waals surface area contributed by atoms with Crippen molar-refractivity contribution in [3.63, 3.8) is 0 Å². The van der Waals surface area contributed by atoms with Crippen LogP contribution in [0.4, 0.5) is 0 Å². The summed E-state index contributed by atoms with van der Waals surface area (Å²) in [6, 6.07) is 8.41. The SMILES string of the molecule is CC(C)CN(Cc1ccc(C=NN=C2NC(=O)CS2)cc1)CC(C)C. The molecule has 0 unspecified atom stereocenters. The Morgan fingerprint density at radius 3 is 2.32 bits per heavy atom. The van der Waals surface area contributed by atoms with Crippen LogP contribution in [0.25, 0.3) is 0 Å². The summed E-state index contributed by atoms with van der Waals surface area (Å²) in [5.74, 6) is 1.74. The second-order valence-electron chi connectivity index (χ2n) is 7.21. The average Bonchev–Trinajstić information content (AvgIpc) is 2.93. The number of amides is 1. The van der Waals surface area contributed by atoms with Gasteiger partial charge in [0.25, 0.3) is 0 Å². The second kappa shape index (κ2) is 9.73. The molecule has 0 radical (unpaired) electrons. The van der Waals surface area contributed by atoms with Crippen LogP contribution in [0.3, 0.4) is 0 Å². The normalized spacial score (nSPS) is 16.8. The first-order chi connectivity index (χ1) is 11.9. The standard InChI is InChI=1S/C19H28N4OS/c1-14(2)10-23(11-15(3)4)12-17-7-5-16(6-8-17)9-20-22-19-21-18(24)13-25-19/h5-9,14-15H,10-13H2,1-4H3,(H,21,22,24). The lowest BCUT2D eigenvalue weighted by Gasteiger charge is -2.26. The molecular weight excluding hydrogens is 332 g/mol. The largest absolute Gasteiger partial charge is 0.303 e. The smallest absolute Gasteiger partial charge is 0.236 e. The van der Waals surface area contributed by atoms with Gasteiger partial charge in [0, 0.05) is 19.6 Å². The minimum atomic E-state index is -0.0179. The van der Waals surface area contributed by atoms with Crippen molar-refractivity contribution in [2.75, 3.05) is 18.8 Å². The fourth-order valence-electron chi connectivity index (χ4n) is 2.73. The Kier molecular flexibility index (Phi) is 7.65. The first kappa shape index (κ1) is 19.7. The number of hydrogen-bond acceptors (Lipinski definition) is 5. The molecule has 0 spiro atoms. The molecule has 25 heavy (non-hydrogen) atoms. The van der Waals surface area contributed by atoms with E-state index in [0.29, 0.717) is 22.8 Å². The molecule has 1 aromatic carbocycles. The van der Waals surface area contributed by atoms with Gasteiger partial charge in [0.2, 0.25) is 5.91 Å². The Hall–Kier alpha value is -1.66. The topological polar surface area (TPSA) is 57.1 Å². The molecule has 0 aromatic heterocycles. The van der Waals surface area contributed by atoms with Gasteiger partial charge in [-0.3, -0.25) is 9.69 Å². The summed E-state index contributed by atoms with van der Waals surface area (Å²) >= 11 is 1.37. The van der Waals surface area contributed by atoms with Crippen LogP contribution in [0.2, 0.25) is 0 Å². The van der Waals surface area contributed by atoms with E-state index in [-0.39, 0.29) is 5.91 Å². The molecule has 1 aliphatic rings. The molecule has 1 N–H and O–H groups in total. The Bertz CT molecular complexity index is 613. The monoisotopic (exact) mass is 360 g/mol. The number of amidine groups is 1. The summed E-state index contributed by atoms with van der Waals surface area (Å²) in [7, 11) is 0. The second-order valence-corrected chi connectivity index (χ2v) is 8.17. The predicted molar refractivity (Wildman–Crippen MR) is 107 cm³/mol. The summed E-state index contributed by atoms with van der Waals surface area (Å²) < 4.78 is 0. The third kappa shape index (κ3) is 7.40. The molecule has 6 heteroatoms. The van der Waals surface area contributed by atoms with E-state index in [1.165, 1.54) is 17.3 Å². The number of nitrogens with one attached hydrogen (secondary N) is 1. The predicted octanol–water partition coefficient (Wildman–Crippen LogP) is 3.35. The van der Waals surface area contributed by atoms with Gasteiger partial charge in [-0.2, -0.15) is 5.10 Å². The van der Waals surface area contributed by atoms with E-state index in [1.807, 2.05) is 0 Å². The van der Waals surface area contributed by atoms with Crippen LogP contribution in [0.5, 0.6) is 0 Å². The summed E-state index contributed by atoms with van der Waals surface area (Å²) in [6.07, 6.45) is 1.71. The molecule has 0 aliphatic carbocycles. The number of hydrogen-bond donors (Lipinski definition) is 1. The van der Waals surface area contributed by atoms with Gasteiger partial charge in [-0.05, 0) is 23.0 Å². The van der Waals surface area contributed by atoms with E-state index >= 15 is 0 Å². The van der Waals surface area contributed by atoms with Crippen LogP contribution in [-0.2, 0) is 11.3 Å². The molecular formula is C19H28N4OS. The van der Waals surface area contributed by atoms with Gasteiger partial charge in [-0.15, -0.1) is 5.10 Å². The molecule has 1 heterocycles. The first-order valence-corrected chi connectivity index (χ1v) is 9.76. The molecule has 1 saturated heterocycles. The molecule has 0 atom stereocenters. The minimum Gasteiger partial charge on any atom is -0.303 e. The van der Waals surface area contributed by atoms with Crippen molar-refractivity contribution in [3.8, 4) is 0 Å². The fourth-order valence-corrected chi connectivity index (χ4v) is 3.36. The van der Waals surface area contributed by atoms with Gasteiger partial charge in [0.05, 0.1) is 12.0 Å². The Balaban J connectivity index is 1.92. The van der Waals surface area contributed by atoms with E-state index < -0.39 is 0 Å². The molecule has 136 valence electrons. The van der Waals surface area contributed by atoms with Crippen molar-refractivity contribution >= 4 is 29.1 Å². The van der Waals surface area contributed by atoms with Crippen LogP contribution in [0.1, 0.15) is 38.8 Å². The van der Waals surface area contributed by atoms with Crippen molar-refractivity contribution < 1.29 is 4.79 Å². The zero-order chi connectivity index (χ0) is 18.2. The van der Waals surface area contributed by atoms with Crippen molar-refractivity contribution in [1.82, 2.24) is 10.2 Å². The lowest BCUT2D eigenvalue weighted by atomic mass is 10.1. The lowest BCUT2D eigenvalue weighted by Crippen LogP contribution is -2.30. The van der Waals surface area contributed by atoms with E-state index in [2.05, 4.69) is 72.4 Å². The molecule has 0 saturated carbocycles. The lowest BCUT2D eigenvalue weighted by molar-refractivity contribution is -0.116. The first-order valence-electron chi connectivity index (χ1n) is 8.77. The molecule has 1 aliphatic heterocycles. The fraction of sp³-hybridized carbons (Fsp3) is 0.526. The van der Waals surface area contributed by atoms with Gasteiger partial charge in [0.1, 0.15) is 0 Å². The minimum absolute atomic E-state index is 0.0179. The van der Waals surface area contributed by atoms with Crippen LogP contribution >= 0.6 is 11.8 Å². The van der Waals surface area contributed by atoms with Crippen LogP contribution in [0.15, 0.2) is 34.5 Å². The van der Waals surface area contributed by atoms with Gasteiger partial charge >= 0.3 is 0 Å². The van der Waals surface area contributed by atoms with E-state index in [0.717, 1.165) is 25.2 Å². The Morgan fingerprint density at radius 1 is 1.16 bits per heavy atom. The van der Waals surface area contributed by atoms with Crippen LogP contribution in [0, 0.1) is 11.8 Å². The number of carbonyl (C=O) groups is 1. The maximum Gasteiger partial charge on any atom is 0.236 e. The van der Waals surface area contributed by atoms with Gasteiger partial charge in [-0.1, -0.05) is 63.7 Å². The Morgan fingerprint density at radius 2 is 1.80 bits per heavy atom. The highest BCUT2D eigenvalue weighted by atomic mass is 32.2. The third-order valence-electron chi connectivity index (χ3n) is 3.57. The number of benzene rings is 1. The van der Waals surface area contributed by atoms with Crippen molar-refractivity contribution in [2.45, 2.75) is 34.2 Å². The average molecular weight is 361 g/mol. The zero-order valence-corrected chi connectivity index (χ0v) is 16.3. The van der Waals surface area contributed by atoms with Crippen molar-refractivity contribution in [1.29, 1.82) is 0 Å². The number of thioether (sulfide) groups is 1. The molecule has 2 rings (SSSR count). The summed E-state index contributed by atoms with van der Waals surface area (Å²) in [4.78, 5) is 13.6. The highest BCUT2D eigenvalue weighted by molar-refractivity contribution is 8.15. The number of carbonyl (C=O) groups excluding carboxylic acids is 1.